The number of piperazine rings is 2. The van der Waals surface area contributed by atoms with Crippen LogP contribution in [0.15, 0.2) is 48.7 Å². The molecule has 0 saturated carbocycles. The highest BCUT2D eigenvalue weighted by atomic mass is 16.2. The van der Waals surface area contributed by atoms with Gasteiger partial charge in [-0.1, -0.05) is 18.2 Å². The van der Waals surface area contributed by atoms with Gasteiger partial charge in [-0.05, 0) is 31.3 Å². The zero-order valence-corrected chi connectivity index (χ0v) is 15.9. The maximum atomic E-state index is 12.8. The fraction of sp³-hybridized carbons (Fsp3) is 0.429. The second-order valence-corrected chi connectivity index (χ2v) is 7.31. The molecule has 1 aromatic heterocycles. The lowest BCUT2D eigenvalue weighted by atomic mass is 10.2. The van der Waals surface area contributed by atoms with Crippen molar-refractivity contribution >= 4 is 17.4 Å². The molecule has 2 aromatic rings. The number of pyridine rings is 1. The molecule has 0 spiro atoms. The van der Waals surface area contributed by atoms with Gasteiger partial charge in [0.05, 0.1) is 5.56 Å². The Hall–Kier alpha value is -2.60. The van der Waals surface area contributed by atoms with Gasteiger partial charge in [-0.2, -0.15) is 0 Å². The van der Waals surface area contributed by atoms with Gasteiger partial charge in [0.1, 0.15) is 5.82 Å². The van der Waals surface area contributed by atoms with E-state index in [0.29, 0.717) is 5.56 Å². The van der Waals surface area contributed by atoms with Crippen molar-refractivity contribution in [1.82, 2.24) is 14.8 Å². The molecule has 0 atom stereocenters. The summed E-state index contributed by atoms with van der Waals surface area (Å²) in [5, 5.41) is 0. The lowest BCUT2D eigenvalue weighted by molar-refractivity contribution is 0.0746. The fourth-order valence-corrected chi connectivity index (χ4v) is 3.72. The maximum absolute atomic E-state index is 12.8. The lowest BCUT2D eigenvalue weighted by Gasteiger charge is -2.36. The van der Waals surface area contributed by atoms with Crippen LogP contribution in [0.4, 0.5) is 11.5 Å². The number of carbonyl (C=O) groups excluding carboxylic acids is 1. The summed E-state index contributed by atoms with van der Waals surface area (Å²) in [6.45, 7) is 7.28. The van der Waals surface area contributed by atoms with Crippen LogP contribution in [0.3, 0.4) is 0 Å². The fourth-order valence-electron chi connectivity index (χ4n) is 3.72. The van der Waals surface area contributed by atoms with Crippen LogP contribution < -0.4 is 9.80 Å². The van der Waals surface area contributed by atoms with E-state index in [-0.39, 0.29) is 5.91 Å². The Morgan fingerprint density at radius 1 is 0.815 bits per heavy atom. The molecule has 0 unspecified atom stereocenters. The van der Waals surface area contributed by atoms with Crippen LogP contribution in [0.1, 0.15) is 10.4 Å². The first-order valence-corrected chi connectivity index (χ1v) is 9.69. The van der Waals surface area contributed by atoms with Crippen molar-refractivity contribution in [2.45, 2.75) is 0 Å². The minimum Gasteiger partial charge on any atom is -0.368 e. The Balaban J connectivity index is 1.35. The molecule has 1 amide bonds. The topological polar surface area (TPSA) is 42.9 Å². The molecule has 2 fully saturated rings. The summed E-state index contributed by atoms with van der Waals surface area (Å²) in [4.78, 5) is 26.3. The van der Waals surface area contributed by atoms with Crippen LogP contribution in [0.5, 0.6) is 0 Å². The standard InChI is InChI=1S/C21H27N5O/c1-23-9-11-25(12-10-23)20-8-7-18(17-22-20)21(27)26-15-13-24(14-16-26)19-5-3-2-4-6-19/h2-8,17H,9-16H2,1H3. The Morgan fingerprint density at radius 2 is 1.48 bits per heavy atom. The molecule has 142 valence electrons. The number of rotatable bonds is 3. The van der Waals surface area contributed by atoms with E-state index in [1.165, 1.54) is 5.69 Å². The minimum atomic E-state index is 0.0835. The summed E-state index contributed by atoms with van der Waals surface area (Å²) in [7, 11) is 2.14. The largest absolute Gasteiger partial charge is 0.368 e. The van der Waals surface area contributed by atoms with E-state index in [1.807, 2.05) is 23.1 Å². The number of nitrogens with zero attached hydrogens (tertiary/aromatic N) is 5. The van der Waals surface area contributed by atoms with Gasteiger partial charge in [0.15, 0.2) is 0 Å². The SMILES string of the molecule is CN1CCN(c2ccc(C(=O)N3CCN(c4ccccc4)CC3)cn2)CC1. The highest BCUT2D eigenvalue weighted by molar-refractivity contribution is 5.94. The Morgan fingerprint density at radius 3 is 2.11 bits per heavy atom. The molecule has 0 aliphatic carbocycles. The molecule has 2 aliphatic heterocycles. The first-order valence-electron chi connectivity index (χ1n) is 9.69. The van der Waals surface area contributed by atoms with Crippen LogP contribution in [0.2, 0.25) is 0 Å². The van der Waals surface area contributed by atoms with E-state index in [2.05, 4.69) is 51.0 Å². The smallest absolute Gasteiger partial charge is 0.255 e. The molecule has 6 nitrogen and oxygen atoms in total. The number of carbonyl (C=O) groups is 1. The minimum absolute atomic E-state index is 0.0835. The van der Waals surface area contributed by atoms with Crippen molar-refractivity contribution in [3.05, 3.63) is 54.2 Å². The number of aromatic nitrogens is 1. The van der Waals surface area contributed by atoms with Crippen molar-refractivity contribution in [3.8, 4) is 0 Å². The number of hydrogen-bond donors (Lipinski definition) is 0. The van der Waals surface area contributed by atoms with Gasteiger partial charge in [0, 0.05) is 64.2 Å². The maximum Gasteiger partial charge on any atom is 0.255 e. The Labute approximate surface area is 161 Å². The predicted octanol–water partition coefficient (Wildman–Crippen LogP) is 1.80. The number of hydrogen-bond acceptors (Lipinski definition) is 5. The molecule has 4 rings (SSSR count). The molecule has 0 radical (unpaired) electrons. The third kappa shape index (κ3) is 4.06. The third-order valence-electron chi connectivity index (χ3n) is 5.51. The van der Waals surface area contributed by atoms with Gasteiger partial charge in [0.2, 0.25) is 0 Å². The van der Waals surface area contributed by atoms with Gasteiger partial charge in [0.25, 0.3) is 5.91 Å². The van der Waals surface area contributed by atoms with Crippen LogP contribution in [-0.4, -0.2) is 80.1 Å². The molecule has 1 aromatic carbocycles. The van der Waals surface area contributed by atoms with Crippen LogP contribution in [-0.2, 0) is 0 Å². The van der Waals surface area contributed by atoms with Crippen molar-refractivity contribution in [3.63, 3.8) is 0 Å². The molecule has 6 heteroatoms. The summed E-state index contributed by atoms with van der Waals surface area (Å²) in [6, 6.07) is 14.3. The van der Waals surface area contributed by atoms with E-state index < -0.39 is 0 Å². The lowest BCUT2D eigenvalue weighted by Crippen LogP contribution is -2.48. The Bertz CT molecular complexity index is 748. The summed E-state index contributed by atoms with van der Waals surface area (Å²) in [6.07, 6.45) is 1.74. The number of anilines is 2. The summed E-state index contributed by atoms with van der Waals surface area (Å²) in [5.41, 5.74) is 1.91. The van der Waals surface area contributed by atoms with Gasteiger partial charge in [-0.3, -0.25) is 4.79 Å². The molecule has 27 heavy (non-hydrogen) atoms. The van der Waals surface area contributed by atoms with E-state index in [0.717, 1.165) is 58.2 Å². The summed E-state index contributed by atoms with van der Waals surface area (Å²) in [5.74, 6) is 1.05. The van der Waals surface area contributed by atoms with Gasteiger partial charge >= 0.3 is 0 Å². The van der Waals surface area contributed by atoms with Crippen molar-refractivity contribution in [1.29, 1.82) is 0 Å². The van der Waals surface area contributed by atoms with Gasteiger partial charge in [-0.25, -0.2) is 4.98 Å². The second kappa shape index (κ2) is 7.96. The molecule has 0 bridgehead atoms. The highest BCUT2D eigenvalue weighted by Gasteiger charge is 2.23. The van der Waals surface area contributed by atoms with E-state index in [9.17, 15) is 4.79 Å². The van der Waals surface area contributed by atoms with E-state index in [4.69, 9.17) is 0 Å². The van der Waals surface area contributed by atoms with Crippen LogP contribution in [0.25, 0.3) is 0 Å². The molecule has 2 aliphatic rings. The first-order chi connectivity index (χ1) is 13.2. The third-order valence-corrected chi connectivity index (χ3v) is 5.51. The number of amides is 1. The monoisotopic (exact) mass is 365 g/mol. The predicted molar refractivity (Wildman–Crippen MR) is 109 cm³/mol. The van der Waals surface area contributed by atoms with Crippen molar-refractivity contribution in [2.75, 3.05) is 69.2 Å². The van der Waals surface area contributed by atoms with Gasteiger partial charge in [-0.15, -0.1) is 0 Å². The summed E-state index contributed by atoms with van der Waals surface area (Å²) < 4.78 is 0. The van der Waals surface area contributed by atoms with E-state index in [1.54, 1.807) is 6.20 Å². The van der Waals surface area contributed by atoms with E-state index >= 15 is 0 Å². The highest BCUT2D eigenvalue weighted by Crippen LogP contribution is 2.18. The number of likely N-dealkylation sites (N-methyl/N-ethyl adjacent to an activating group) is 1. The van der Waals surface area contributed by atoms with Crippen molar-refractivity contribution in [2.24, 2.45) is 0 Å². The Kier molecular flexibility index (Phi) is 5.25. The molecule has 2 saturated heterocycles. The zero-order valence-electron chi connectivity index (χ0n) is 15.9. The van der Waals surface area contributed by atoms with Gasteiger partial charge < -0.3 is 19.6 Å². The molecule has 3 heterocycles. The normalized spacial score (nSPS) is 18.6. The average Bonchev–Trinajstić information content (AvgIpc) is 2.75. The first kappa shape index (κ1) is 17.8. The average molecular weight is 365 g/mol. The van der Waals surface area contributed by atoms with Crippen LogP contribution >= 0.6 is 0 Å². The second-order valence-electron chi connectivity index (χ2n) is 7.31. The van der Waals surface area contributed by atoms with Crippen LogP contribution in [0, 0.1) is 0 Å². The quantitative estimate of drug-likeness (QED) is 0.830. The molecule has 0 N–H and O–H groups in total. The summed E-state index contributed by atoms with van der Waals surface area (Å²) >= 11 is 0. The number of para-hydroxylation sites is 1. The number of benzene rings is 1. The molecular formula is C21H27N5O. The molecular weight excluding hydrogens is 338 g/mol. The van der Waals surface area contributed by atoms with Crippen molar-refractivity contribution < 1.29 is 4.79 Å². The zero-order chi connectivity index (χ0) is 18.6.